The van der Waals surface area contributed by atoms with Crippen molar-refractivity contribution in [1.82, 2.24) is 10.3 Å². The highest BCUT2D eigenvalue weighted by Gasteiger charge is 2.35. The van der Waals surface area contributed by atoms with Crippen LogP contribution < -0.4 is 19.1 Å². The van der Waals surface area contributed by atoms with E-state index in [2.05, 4.69) is 10.3 Å². The molecule has 1 aliphatic heterocycles. The number of fused-ring (bicyclic) bond motifs is 1. The minimum absolute atomic E-state index is 0.0574. The van der Waals surface area contributed by atoms with E-state index in [1.54, 1.807) is 18.2 Å². The number of nitrogens with zero attached hydrogens (tertiary/aromatic N) is 2. The molecule has 1 aromatic heterocycles. The number of rotatable bonds is 8. The van der Waals surface area contributed by atoms with Crippen molar-refractivity contribution >= 4 is 21.6 Å². The number of hydrogen-bond donors (Lipinski definition) is 2. The Hall–Kier alpha value is -3.70. The first-order chi connectivity index (χ1) is 17.9. The lowest BCUT2D eigenvalue weighted by molar-refractivity contribution is -0.136. The smallest absolute Gasteiger partial charge is 0.264 e. The van der Waals surface area contributed by atoms with Crippen LogP contribution in [0.1, 0.15) is 26.0 Å². The maximum Gasteiger partial charge on any atom is 0.264 e. The fourth-order valence-corrected chi connectivity index (χ4v) is 5.56. The van der Waals surface area contributed by atoms with Crippen molar-refractivity contribution < 1.29 is 32.2 Å². The lowest BCUT2D eigenvalue weighted by Crippen LogP contribution is -2.46. The van der Waals surface area contributed by atoms with E-state index in [0.29, 0.717) is 22.7 Å². The van der Waals surface area contributed by atoms with E-state index in [1.807, 2.05) is 25.1 Å². The average Bonchev–Trinajstić information content (AvgIpc) is 2.87. The highest BCUT2D eigenvalue weighted by atomic mass is 32.2. The molecular formula is C27H30FN3O6S. The molecule has 202 valence electrons. The maximum absolute atomic E-state index is 14.1. The number of anilines is 1. The van der Waals surface area contributed by atoms with Gasteiger partial charge in [0.15, 0.2) is 11.6 Å². The molecule has 3 aromatic rings. The molecule has 0 radical (unpaired) electrons. The van der Waals surface area contributed by atoms with E-state index < -0.39 is 33.5 Å². The fourth-order valence-electron chi connectivity index (χ4n) is 4.04. The predicted molar refractivity (Wildman–Crippen MR) is 140 cm³/mol. The number of halogens is 1. The number of benzene rings is 2. The van der Waals surface area contributed by atoms with Crippen LogP contribution >= 0.6 is 0 Å². The van der Waals surface area contributed by atoms with Gasteiger partial charge in [0, 0.05) is 30.3 Å². The van der Waals surface area contributed by atoms with Crippen LogP contribution in [0.3, 0.4) is 0 Å². The third kappa shape index (κ3) is 5.73. The van der Waals surface area contributed by atoms with Crippen LogP contribution in [-0.4, -0.2) is 56.3 Å². The third-order valence-corrected chi connectivity index (χ3v) is 7.87. The quantitative estimate of drug-likeness (QED) is 0.447. The van der Waals surface area contributed by atoms with Gasteiger partial charge in [0.1, 0.15) is 17.5 Å². The molecule has 2 heterocycles. The average molecular weight is 544 g/mol. The first-order valence-corrected chi connectivity index (χ1v) is 13.5. The number of sulfonamides is 1. The Morgan fingerprint density at radius 3 is 2.68 bits per heavy atom. The van der Waals surface area contributed by atoms with Crippen LogP contribution in [-0.2, 0) is 14.8 Å². The maximum atomic E-state index is 14.1. The van der Waals surface area contributed by atoms with E-state index in [4.69, 9.17) is 9.47 Å². The van der Waals surface area contributed by atoms with Gasteiger partial charge in [-0.1, -0.05) is 6.07 Å². The SMILES string of the molecule is COc1cc(S(=O)(=O)N2C[C@H](CCNC(=O)C(C)(C)O)Oc3ccc(-c4cccc(C)n4)cc32)ccc1F. The summed E-state index contributed by atoms with van der Waals surface area (Å²) in [5, 5.41) is 12.5. The van der Waals surface area contributed by atoms with Gasteiger partial charge in [0.05, 0.1) is 29.9 Å². The number of amides is 1. The molecule has 2 aromatic carbocycles. The number of methoxy groups -OCH3 is 1. The number of carbonyl (C=O) groups excluding carboxylic acids is 1. The van der Waals surface area contributed by atoms with Gasteiger partial charge in [-0.25, -0.2) is 12.8 Å². The Kier molecular flexibility index (Phi) is 7.61. The van der Waals surface area contributed by atoms with Crippen LogP contribution in [0.4, 0.5) is 10.1 Å². The number of carbonyl (C=O) groups is 1. The van der Waals surface area contributed by atoms with Crippen LogP contribution in [0.15, 0.2) is 59.5 Å². The Labute approximate surface area is 221 Å². The molecule has 0 fully saturated rings. The van der Waals surface area contributed by atoms with Crippen molar-refractivity contribution in [1.29, 1.82) is 0 Å². The van der Waals surface area contributed by atoms with Gasteiger partial charge in [-0.3, -0.25) is 14.1 Å². The number of nitrogens with one attached hydrogen (secondary N) is 1. The Morgan fingerprint density at radius 1 is 1.24 bits per heavy atom. The zero-order valence-corrected chi connectivity index (χ0v) is 22.4. The summed E-state index contributed by atoms with van der Waals surface area (Å²) in [7, 11) is -2.91. The lowest BCUT2D eigenvalue weighted by Gasteiger charge is -2.36. The Morgan fingerprint density at radius 2 is 2.00 bits per heavy atom. The summed E-state index contributed by atoms with van der Waals surface area (Å²) in [4.78, 5) is 16.4. The standard InChI is InChI=1S/C27H30FN3O6S/c1-17-6-5-7-22(30-17)18-8-11-24-23(14-18)31(16-19(37-24)12-13-29-26(32)27(2,3)33)38(34,35)20-9-10-21(28)25(15-20)36-4/h5-11,14-15,19,33H,12-13,16H2,1-4H3,(H,29,32)/t19-/m0/s1. The molecular weight excluding hydrogens is 513 g/mol. The van der Waals surface area contributed by atoms with Crippen molar-refractivity contribution in [3.8, 4) is 22.8 Å². The van der Waals surface area contributed by atoms with E-state index in [1.165, 1.54) is 31.3 Å². The second-order valence-corrected chi connectivity index (χ2v) is 11.4. The van der Waals surface area contributed by atoms with E-state index >= 15 is 0 Å². The largest absolute Gasteiger partial charge is 0.494 e. The summed E-state index contributed by atoms with van der Waals surface area (Å²) >= 11 is 0. The molecule has 0 aliphatic carbocycles. The van der Waals surface area contributed by atoms with Crippen LogP contribution in [0.2, 0.25) is 0 Å². The van der Waals surface area contributed by atoms with Gasteiger partial charge in [-0.15, -0.1) is 0 Å². The second-order valence-electron chi connectivity index (χ2n) is 9.52. The molecule has 1 aliphatic rings. The highest BCUT2D eigenvalue weighted by molar-refractivity contribution is 7.92. The topological polar surface area (TPSA) is 118 Å². The summed E-state index contributed by atoms with van der Waals surface area (Å²) in [6.07, 6.45) is -0.328. The summed E-state index contributed by atoms with van der Waals surface area (Å²) in [6.45, 7) is 4.72. The number of aliphatic hydroxyl groups is 1. The minimum Gasteiger partial charge on any atom is -0.494 e. The van der Waals surface area contributed by atoms with Gasteiger partial charge in [-0.05, 0) is 63.2 Å². The normalized spacial score (nSPS) is 15.4. The lowest BCUT2D eigenvalue weighted by atomic mass is 10.1. The molecule has 0 saturated heterocycles. The molecule has 0 unspecified atom stereocenters. The minimum atomic E-state index is -4.17. The van der Waals surface area contributed by atoms with Gasteiger partial charge >= 0.3 is 0 Å². The van der Waals surface area contributed by atoms with Gasteiger partial charge in [0.25, 0.3) is 15.9 Å². The zero-order valence-electron chi connectivity index (χ0n) is 21.6. The summed E-state index contributed by atoms with van der Waals surface area (Å²) in [6, 6.07) is 14.1. The van der Waals surface area contributed by atoms with Crippen molar-refractivity contribution in [2.75, 3.05) is 24.5 Å². The van der Waals surface area contributed by atoms with Crippen LogP contribution in [0.5, 0.6) is 11.5 Å². The number of ether oxygens (including phenoxy) is 2. The first-order valence-electron chi connectivity index (χ1n) is 12.0. The van der Waals surface area contributed by atoms with E-state index in [-0.39, 0.29) is 30.2 Å². The Balaban J connectivity index is 1.71. The number of aryl methyl sites for hydroxylation is 1. The number of aromatic nitrogens is 1. The van der Waals surface area contributed by atoms with Crippen molar-refractivity contribution in [2.24, 2.45) is 0 Å². The molecule has 9 nitrogen and oxygen atoms in total. The third-order valence-electron chi connectivity index (χ3n) is 6.09. The summed E-state index contributed by atoms with van der Waals surface area (Å²) in [5.74, 6) is -1.08. The van der Waals surface area contributed by atoms with Crippen molar-refractivity contribution in [3.63, 3.8) is 0 Å². The summed E-state index contributed by atoms with van der Waals surface area (Å²) in [5.41, 5.74) is 0.948. The monoisotopic (exact) mass is 543 g/mol. The molecule has 0 spiro atoms. The van der Waals surface area contributed by atoms with Crippen LogP contribution in [0, 0.1) is 12.7 Å². The second kappa shape index (κ2) is 10.6. The number of pyridine rings is 1. The van der Waals surface area contributed by atoms with Gasteiger partial charge in [-0.2, -0.15) is 0 Å². The Bertz CT molecular complexity index is 1460. The zero-order chi connectivity index (χ0) is 27.7. The molecule has 0 saturated carbocycles. The summed E-state index contributed by atoms with van der Waals surface area (Å²) < 4.78 is 54.1. The van der Waals surface area contributed by atoms with Crippen molar-refractivity contribution in [2.45, 2.75) is 43.8 Å². The van der Waals surface area contributed by atoms with Crippen molar-refractivity contribution in [3.05, 3.63) is 66.1 Å². The molecule has 38 heavy (non-hydrogen) atoms. The molecule has 1 amide bonds. The number of hydrogen-bond acceptors (Lipinski definition) is 7. The first kappa shape index (κ1) is 27.3. The highest BCUT2D eigenvalue weighted by Crippen LogP contribution is 2.40. The van der Waals surface area contributed by atoms with Gasteiger partial charge < -0.3 is 19.9 Å². The van der Waals surface area contributed by atoms with Crippen LogP contribution in [0.25, 0.3) is 11.3 Å². The molecule has 1 atom stereocenters. The predicted octanol–water partition coefficient (Wildman–Crippen LogP) is 3.44. The molecule has 0 bridgehead atoms. The van der Waals surface area contributed by atoms with E-state index in [0.717, 1.165) is 17.8 Å². The molecule has 2 N–H and O–H groups in total. The molecule has 11 heteroatoms. The van der Waals surface area contributed by atoms with Gasteiger partial charge in [0.2, 0.25) is 0 Å². The molecule has 4 rings (SSSR count). The fraction of sp³-hybridized carbons (Fsp3) is 0.333. The van der Waals surface area contributed by atoms with E-state index in [9.17, 15) is 22.7 Å².